The molecule has 0 aromatic rings. The summed E-state index contributed by atoms with van der Waals surface area (Å²) in [7, 11) is 0. The maximum atomic E-state index is 12.8. The van der Waals surface area contributed by atoms with Crippen LogP contribution in [0.25, 0.3) is 0 Å². The van der Waals surface area contributed by atoms with Crippen molar-refractivity contribution in [2.75, 3.05) is 39.4 Å². The smallest absolute Gasteiger partial charge is 0.249 e. The van der Waals surface area contributed by atoms with E-state index in [1.807, 2.05) is 0 Å². The molecule has 18 atom stereocenters. The molecule has 2 saturated heterocycles. The molecule has 2 heterocycles. The molecule has 0 bridgehead atoms. The Balaban J connectivity index is 1.77. The fraction of sp³-hybridized carbons (Fsp3) is 0.964. The Labute approximate surface area is 284 Å². The number of rotatable bonds is 17. The quantitative estimate of drug-likeness (QED) is 0.0664. The summed E-state index contributed by atoms with van der Waals surface area (Å²) in [6.07, 6.45) is -19.9. The van der Waals surface area contributed by atoms with E-state index >= 15 is 0 Å². The third-order valence-corrected chi connectivity index (χ3v) is 8.96. The van der Waals surface area contributed by atoms with Gasteiger partial charge < -0.3 is 104 Å². The van der Waals surface area contributed by atoms with Gasteiger partial charge in [0.1, 0.15) is 61.0 Å². The number of aliphatic hydroxyl groups excluding tert-OH is 7. The topological polar surface area (TPSA) is 382 Å². The summed E-state index contributed by atoms with van der Waals surface area (Å²) in [5.41, 5.74) is 34.7. The van der Waals surface area contributed by atoms with Gasteiger partial charge in [-0.25, -0.2) is 0 Å². The first-order valence-corrected chi connectivity index (χ1v) is 16.4. The van der Waals surface area contributed by atoms with E-state index in [2.05, 4.69) is 5.32 Å². The summed E-state index contributed by atoms with van der Waals surface area (Å²) < 4.78 is 34.8. The second kappa shape index (κ2) is 19.5. The van der Waals surface area contributed by atoms with E-state index in [1.165, 1.54) is 0 Å². The van der Waals surface area contributed by atoms with Crippen LogP contribution in [0.1, 0.15) is 19.8 Å². The van der Waals surface area contributed by atoms with Crippen LogP contribution in [0.2, 0.25) is 0 Å². The Kier molecular flexibility index (Phi) is 16.8. The Morgan fingerprint density at radius 1 is 0.837 bits per heavy atom. The highest BCUT2D eigenvalue weighted by Gasteiger charge is 2.52. The lowest BCUT2D eigenvalue weighted by Gasteiger charge is -2.49. The molecule has 0 aromatic carbocycles. The normalized spacial score (nSPS) is 42.0. The summed E-state index contributed by atoms with van der Waals surface area (Å²) in [6.45, 7) is 1.16. The SMILES string of the molecule is C[C@H]1O[C@H](O[C@@H]2[C@@H](O)[C@H](O[C@H]3O[C@H](CN)[C@@H](O)[C@H](O)[C@H]3N)[C@@H](N)C[C@H]2NC(=O)[C@@H](O)CCN)[C@H](O)[C@@H](O)[C@@H]1OC[C@@H](CN)OC[C@H](O)CN. The molecule has 1 amide bonds. The van der Waals surface area contributed by atoms with Gasteiger partial charge >= 0.3 is 0 Å². The van der Waals surface area contributed by atoms with E-state index in [0.29, 0.717) is 0 Å². The van der Waals surface area contributed by atoms with Crippen molar-refractivity contribution in [3.8, 4) is 0 Å². The van der Waals surface area contributed by atoms with Gasteiger partial charge in [-0.1, -0.05) is 0 Å². The molecule has 20 N–H and O–H groups in total. The first-order valence-electron chi connectivity index (χ1n) is 16.4. The van der Waals surface area contributed by atoms with Gasteiger partial charge in [0.25, 0.3) is 0 Å². The zero-order chi connectivity index (χ0) is 36.6. The van der Waals surface area contributed by atoms with Gasteiger partial charge in [-0.2, -0.15) is 0 Å². The minimum Gasteiger partial charge on any atom is -0.389 e. The third-order valence-electron chi connectivity index (χ3n) is 8.96. The second-order valence-corrected chi connectivity index (χ2v) is 12.7. The molecule has 21 nitrogen and oxygen atoms in total. The number of carbonyl (C=O) groups excluding carboxylic acids is 1. The van der Waals surface area contributed by atoms with E-state index in [4.69, 9.17) is 62.8 Å². The molecule has 0 spiro atoms. The number of hydrogen-bond acceptors (Lipinski definition) is 20. The number of aliphatic hydroxyl groups is 7. The zero-order valence-corrected chi connectivity index (χ0v) is 27.5. The molecule has 0 radical (unpaired) electrons. The van der Waals surface area contributed by atoms with Gasteiger partial charge in [0, 0.05) is 25.7 Å². The fourth-order valence-electron chi connectivity index (χ4n) is 5.95. The average Bonchev–Trinajstić information content (AvgIpc) is 3.07. The van der Waals surface area contributed by atoms with Crippen molar-refractivity contribution in [1.29, 1.82) is 0 Å². The molecule has 3 fully saturated rings. The molecule has 288 valence electrons. The van der Waals surface area contributed by atoms with Crippen molar-refractivity contribution in [3.05, 3.63) is 0 Å². The van der Waals surface area contributed by atoms with Crippen molar-refractivity contribution in [2.45, 2.75) is 130 Å². The number of nitrogens with one attached hydrogen (secondary N) is 1. The van der Waals surface area contributed by atoms with Gasteiger partial charge in [0.15, 0.2) is 12.6 Å². The number of nitrogens with two attached hydrogens (primary N) is 6. The lowest BCUT2D eigenvalue weighted by Crippen LogP contribution is -2.69. The largest absolute Gasteiger partial charge is 0.389 e. The Morgan fingerprint density at radius 2 is 1.51 bits per heavy atom. The van der Waals surface area contributed by atoms with Gasteiger partial charge in [-0.15, -0.1) is 0 Å². The summed E-state index contributed by atoms with van der Waals surface area (Å²) in [4.78, 5) is 12.8. The lowest BCUT2D eigenvalue weighted by atomic mass is 9.83. The van der Waals surface area contributed by atoms with Crippen molar-refractivity contribution in [3.63, 3.8) is 0 Å². The first kappa shape index (κ1) is 42.1. The Morgan fingerprint density at radius 3 is 2.12 bits per heavy atom. The third kappa shape index (κ3) is 10.6. The molecule has 0 aromatic heterocycles. The van der Waals surface area contributed by atoms with Crippen LogP contribution in [-0.4, -0.2) is 191 Å². The van der Waals surface area contributed by atoms with Crippen molar-refractivity contribution < 1.29 is 69.0 Å². The average molecular weight is 716 g/mol. The molecule has 2 aliphatic heterocycles. The van der Waals surface area contributed by atoms with E-state index < -0.39 is 116 Å². The van der Waals surface area contributed by atoms with Gasteiger partial charge in [0.05, 0.1) is 43.6 Å². The fourth-order valence-corrected chi connectivity index (χ4v) is 5.95. The maximum absolute atomic E-state index is 12.8. The first-order chi connectivity index (χ1) is 23.2. The van der Waals surface area contributed by atoms with E-state index in [9.17, 15) is 40.5 Å². The van der Waals surface area contributed by atoms with Crippen molar-refractivity contribution >= 4 is 5.91 Å². The molecular formula is C28H57N7O14. The van der Waals surface area contributed by atoms with Gasteiger partial charge in [-0.3, -0.25) is 4.79 Å². The minimum atomic E-state index is -1.74. The number of carbonyl (C=O) groups is 1. The van der Waals surface area contributed by atoms with Crippen LogP contribution < -0.4 is 39.7 Å². The van der Waals surface area contributed by atoms with E-state index in [0.717, 1.165) is 0 Å². The maximum Gasteiger partial charge on any atom is 0.249 e. The second-order valence-electron chi connectivity index (χ2n) is 12.7. The Bertz CT molecular complexity index is 996. The van der Waals surface area contributed by atoms with Crippen LogP contribution >= 0.6 is 0 Å². The molecule has 3 rings (SSSR count). The molecular weight excluding hydrogens is 658 g/mol. The standard InChI is InChI=1S/C28H57N7O14/c1-10-23(45-9-12(6-31)44-8-11(36)5-30)20(40)21(41)28(46-10)49-25-14(35-26(43)15(37)2-3-29)4-13(33)24(22(25)42)48-27-17(34)19(39)18(38)16(7-32)47-27/h10-25,27-28,36-42H,2-9,29-34H2,1H3,(H,35,43)/t10-,11-,12-,13+,14-,15+,16-,17-,18-,19-,20-,21-,22+,23-,24-,25+,27-,28-/m1/s1. The Hall–Kier alpha value is -1.29. The highest BCUT2D eigenvalue weighted by Crippen LogP contribution is 2.32. The number of hydrogen-bond donors (Lipinski definition) is 14. The van der Waals surface area contributed by atoms with Crippen LogP contribution in [0.3, 0.4) is 0 Å². The van der Waals surface area contributed by atoms with Crippen LogP contribution in [0.4, 0.5) is 0 Å². The summed E-state index contributed by atoms with van der Waals surface area (Å²) in [5.74, 6) is -0.828. The number of ether oxygens (including phenoxy) is 6. The highest BCUT2D eigenvalue weighted by molar-refractivity contribution is 5.80. The zero-order valence-electron chi connectivity index (χ0n) is 27.5. The molecule has 21 heteroatoms. The molecule has 1 aliphatic carbocycles. The van der Waals surface area contributed by atoms with Crippen LogP contribution in [-0.2, 0) is 33.2 Å². The molecule has 49 heavy (non-hydrogen) atoms. The van der Waals surface area contributed by atoms with Gasteiger partial charge in [-0.05, 0) is 26.3 Å². The minimum absolute atomic E-state index is 0.0121. The monoisotopic (exact) mass is 715 g/mol. The van der Waals surface area contributed by atoms with Crippen LogP contribution in [0.5, 0.6) is 0 Å². The van der Waals surface area contributed by atoms with Crippen LogP contribution in [0.15, 0.2) is 0 Å². The summed E-state index contributed by atoms with van der Waals surface area (Å²) >= 11 is 0. The predicted molar refractivity (Wildman–Crippen MR) is 168 cm³/mol. The predicted octanol–water partition coefficient (Wildman–Crippen LogP) is -8.71. The highest BCUT2D eigenvalue weighted by atomic mass is 16.7. The molecule has 3 aliphatic rings. The molecule has 0 unspecified atom stereocenters. The van der Waals surface area contributed by atoms with Crippen LogP contribution in [0, 0.1) is 0 Å². The van der Waals surface area contributed by atoms with Crippen molar-refractivity contribution in [2.24, 2.45) is 34.4 Å². The number of amides is 1. The molecule has 1 saturated carbocycles. The lowest BCUT2D eigenvalue weighted by molar-refractivity contribution is -0.332. The van der Waals surface area contributed by atoms with Crippen molar-refractivity contribution in [1.82, 2.24) is 5.32 Å². The van der Waals surface area contributed by atoms with E-state index in [-0.39, 0.29) is 52.2 Å². The summed E-state index contributed by atoms with van der Waals surface area (Å²) in [6, 6.07) is -3.36. The van der Waals surface area contributed by atoms with E-state index in [1.54, 1.807) is 6.92 Å². The summed E-state index contributed by atoms with van der Waals surface area (Å²) in [5, 5.41) is 76.8. The van der Waals surface area contributed by atoms with Gasteiger partial charge in [0.2, 0.25) is 5.91 Å².